The Hall–Kier alpha value is 1.42. The number of aliphatic hydroxyl groups excluding tert-OH is 1. The van der Waals surface area contributed by atoms with Gasteiger partial charge in [-0.3, -0.25) is 4.79 Å². The van der Waals surface area contributed by atoms with E-state index in [0.717, 1.165) is 0 Å². The van der Waals surface area contributed by atoms with E-state index in [2.05, 4.69) is 0 Å². The van der Waals surface area contributed by atoms with Crippen molar-refractivity contribution in [1.29, 1.82) is 0 Å². The molecule has 0 amide bonds. The minimum absolute atomic E-state index is 0. The summed E-state index contributed by atoms with van der Waals surface area (Å²) >= 11 is 0. The van der Waals surface area contributed by atoms with Gasteiger partial charge in [-0.15, -0.1) is 0 Å². The first-order valence-corrected chi connectivity index (χ1v) is 2.16. The fourth-order valence-corrected chi connectivity index (χ4v) is 0.253. The van der Waals surface area contributed by atoms with Crippen molar-refractivity contribution in [3.8, 4) is 0 Å². The molecule has 0 bridgehead atoms. The molecule has 0 radical (unpaired) electrons. The van der Waals surface area contributed by atoms with Gasteiger partial charge in [0.05, 0.1) is 6.42 Å². The van der Waals surface area contributed by atoms with Gasteiger partial charge in [0, 0.05) is 0 Å². The number of carbonyl (C=O) groups is 2. The molecule has 3 N–H and O–H groups in total. The molecule has 5 nitrogen and oxygen atoms in total. The maximum absolute atomic E-state index is 9.72. The summed E-state index contributed by atoms with van der Waals surface area (Å²) in [6.45, 7) is 0. The fourth-order valence-electron chi connectivity index (χ4n) is 0.253. The molecule has 11 heavy (non-hydrogen) atoms. The van der Waals surface area contributed by atoms with Crippen LogP contribution < -0.4 is 0 Å². The Labute approximate surface area is 123 Å². The summed E-state index contributed by atoms with van der Waals surface area (Å²) in [5.41, 5.74) is 0. The predicted octanol–water partition coefficient (Wildman–Crippen LogP) is -2.93. The van der Waals surface area contributed by atoms with Gasteiger partial charge in [-0.25, -0.2) is 4.79 Å². The number of aliphatic hydroxyl groups is 1. The molecule has 1 unspecified atom stereocenters. The van der Waals surface area contributed by atoms with Gasteiger partial charge in [-0.05, 0) is 0 Å². The van der Waals surface area contributed by atoms with Crippen LogP contribution in [0.4, 0.5) is 0 Å². The molecule has 0 aliphatic carbocycles. The molecule has 0 saturated carbocycles. The van der Waals surface area contributed by atoms with E-state index in [4.69, 9.17) is 15.3 Å². The zero-order valence-corrected chi connectivity index (χ0v) is 4.44. The number of carboxylic acid groups (broad SMARTS) is 2. The Balaban J connectivity index is -0.000000320. The molecule has 0 aromatic rings. The van der Waals surface area contributed by atoms with E-state index in [1.807, 2.05) is 0 Å². The Bertz CT molecular complexity index is 136. The molecule has 7 heteroatoms. The third kappa shape index (κ3) is 11.4. The second kappa shape index (κ2) is 9.51. The molecule has 60 valence electrons. The zero-order valence-electron chi connectivity index (χ0n) is 4.44. The van der Waals surface area contributed by atoms with Crippen LogP contribution in [0.1, 0.15) is 6.42 Å². The molecule has 0 aromatic heterocycles. The maximum atomic E-state index is 9.72. The first-order chi connectivity index (χ1) is 4.04. The third-order valence-corrected chi connectivity index (χ3v) is 0.653. The van der Waals surface area contributed by atoms with Crippen molar-refractivity contribution in [1.82, 2.24) is 0 Å². The van der Waals surface area contributed by atoms with Gasteiger partial charge in [-0.1, -0.05) is 0 Å². The van der Waals surface area contributed by atoms with Crippen molar-refractivity contribution in [2.24, 2.45) is 0 Å². The predicted molar refractivity (Wildman–Crippen MR) is 43.0 cm³/mol. The SMILES string of the molecule is O=C(O)CC(O)C(=O)O.[CaH2].[CaH2]. The van der Waals surface area contributed by atoms with Gasteiger partial charge in [0.25, 0.3) is 0 Å². The van der Waals surface area contributed by atoms with E-state index < -0.39 is 24.5 Å². The quantitative estimate of drug-likeness (QED) is 0.441. The van der Waals surface area contributed by atoms with Crippen molar-refractivity contribution in [2.45, 2.75) is 12.5 Å². The number of aliphatic carboxylic acids is 2. The van der Waals surface area contributed by atoms with Crippen molar-refractivity contribution < 1.29 is 24.9 Å². The molecule has 0 aliphatic rings. The van der Waals surface area contributed by atoms with Crippen LogP contribution in [-0.4, -0.2) is 109 Å². The van der Waals surface area contributed by atoms with E-state index >= 15 is 0 Å². The first kappa shape index (κ1) is 18.3. The second-order valence-electron chi connectivity index (χ2n) is 1.45. The van der Waals surface area contributed by atoms with Crippen LogP contribution in [0.15, 0.2) is 0 Å². The summed E-state index contributed by atoms with van der Waals surface area (Å²) in [6.07, 6.45) is -2.54. The first-order valence-electron chi connectivity index (χ1n) is 2.16. The number of hydrogen-bond donors (Lipinski definition) is 3. The Morgan fingerprint density at radius 2 is 1.55 bits per heavy atom. The molecule has 0 aliphatic heterocycles. The van der Waals surface area contributed by atoms with Gasteiger partial charge >= 0.3 is 87.4 Å². The van der Waals surface area contributed by atoms with Crippen molar-refractivity contribution in [3.63, 3.8) is 0 Å². The Morgan fingerprint density at radius 1 is 1.18 bits per heavy atom. The van der Waals surface area contributed by atoms with Crippen molar-refractivity contribution >= 4 is 87.4 Å². The van der Waals surface area contributed by atoms with Crippen LogP contribution in [-0.2, 0) is 9.59 Å². The average molecular weight is 218 g/mol. The van der Waals surface area contributed by atoms with E-state index in [0.29, 0.717) is 0 Å². The molecule has 0 aromatic carbocycles. The van der Waals surface area contributed by atoms with Crippen LogP contribution in [0.2, 0.25) is 0 Å². The standard InChI is InChI=1S/C4H6O5.2Ca.4H/c5-2(4(8)9)1-3(6)7;;;;;;/h2,5H,1H2,(H,6,7)(H,8,9);;;;;;. The molecule has 0 saturated heterocycles. The van der Waals surface area contributed by atoms with Crippen molar-refractivity contribution in [3.05, 3.63) is 0 Å². The molecule has 0 heterocycles. The van der Waals surface area contributed by atoms with Gasteiger partial charge in [0.1, 0.15) is 0 Å². The minimum atomic E-state index is -1.79. The second-order valence-corrected chi connectivity index (χ2v) is 1.45. The number of hydrogen-bond acceptors (Lipinski definition) is 3. The topological polar surface area (TPSA) is 94.8 Å². The summed E-state index contributed by atoms with van der Waals surface area (Å²) < 4.78 is 0. The molecular weight excluding hydrogens is 208 g/mol. The summed E-state index contributed by atoms with van der Waals surface area (Å²) in [6, 6.07) is 0. The van der Waals surface area contributed by atoms with Crippen molar-refractivity contribution in [2.75, 3.05) is 0 Å². The molecule has 0 rings (SSSR count). The summed E-state index contributed by atoms with van der Waals surface area (Å²) in [4.78, 5) is 19.4. The average Bonchev–Trinajstić information content (AvgIpc) is 1.63. The number of carboxylic acids is 2. The zero-order chi connectivity index (χ0) is 7.44. The summed E-state index contributed by atoms with van der Waals surface area (Å²) in [5.74, 6) is -2.85. The Kier molecular flexibility index (Phi) is 15.8. The third-order valence-electron chi connectivity index (χ3n) is 0.653. The van der Waals surface area contributed by atoms with E-state index in [1.54, 1.807) is 0 Å². The number of rotatable bonds is 3. The molecule has 0 spiro atoms. The van der Waals surface area contributed by atoms with Gasteiger partial charge in [0.15, 0.2) is 6.10 Å². The van der Waals surface area contributed by atoms with Gasteiger partial charge in [-0.2, -0.15) is 0 Å². The Morgan fingerprint density at radius 3 is 1.64 bits per heavy atom. The summed E-state index contributed by atoms with van der Waals surface area (Å²) in [5, 5.41) is 24.1. The van der Waals surface area contributed by atoms with E-state index in [9.17, 15) is 9.59 Å². The van der Waals surface area contributed by atoms with Crippen LogP contribution in [0.3, 0.4) is 0 Å². The van der Waals surface area contributed by atoms with Gasteiger partial charge < -0.3 is 15.3 Å². The van der Waals surface area contributed by atoms with E-state index in [1.165, 1.54) is 0 Å². The molecule has 1 atom stereocenters. The van der Waals surface area contributed by atoms with E-state index in [-0.39, 0.29) is 75.5 Å². The summed E-state index contributed by atoms with van der Waals surface area (Å²) in [7, 11) is 0. The molecule has 0 fully saturated rings. The van der Waals surface area contributed by atoms with Crippen LogP contribution in [0.25, 0.3) is 0 Å². The monoisotopic (exact) mass is 218 g/mol. The van der Waals surface area contributed by atoms with Crippen LogP contribution >= 0.6 is 0 Å². The fraction of sp³-hybridized carbons (Fsp3) is 0.500. The molecular formula is C4H10Ca2O5. The van der Waals surface area contributed by atoms with Crippen LogP contribution in [0, 0.1) is 0 Å². The van der Waals surface area contributed by atoms with Crippen LogP contribution in [0.5, 0.6) is 0 Å². The normalized spacial score (nSPS) is 10.3. The van der Waals surface area contributed by atoms with Gasteiger partial charge in [0.2, 0.25) is 0 Å².